The number of rotatable bonds is 24. The summed E-state index contributed by atoms with van der Waals surface area (Å²) in [6.07, 6.45) is -7.90. The van der Waals surface area contributed by atoms with Gasteiger partial charge in [0, 0.05) is 44.8 Å². The van der Waals surface area contributed by atoms with Gasteiger partial charge in [-0.15, -0.1) is 0 Å². The van der Waals surface area contributed by atoms with Crippen LogP contribution in [0.2, 0.25) is 0 Å². The van der Waals surface area contributed by atoms with Crippen molar-refractivity contribution in [3.63, 3.8) is 0 Å². The second kappa shape index (κ2) is 25.7. The minimum atomic E-state index is -4.57. The molecule has 0 bridgehead atoms. The van der Waals surface area contributed by atoms with Gasteiger partial charge in [0.1, 0.15) is 0 Å². The first kappa shape index (κ1) is 53.5. The molecule has 0 spiro atoms. The van der Waals surface area contributed by atoms with Gasteiger partial charge in [-0.2, -0.15) is 26.3 Å². The van der Waals surface area contributed by atoms with Gasteiger partial charge < -0.3 is 47.1 Å². The highest BCUT2D eigenvalue weighted by Crippen LogP contribution is 2.35. The number of halogens is 8. The molecule has 11 nitrogen and oxygen atoms in total. The fraction of sp³-hybridized carbons (Fsp3) is 0.362. The van der Waals surface area contributed by atoms with Crippen LogP contribution < -0.4 is 32.7 Å². The Morgan fingerprint density at radius 1 is 0.621 bits per heavy atom. The van der Waals surface area contributed by atoms with E-state index in [4.69, 9.17) is 20.9 Å². The largest absolute Gasteiger partial charge is 0.463 e. The van der Waals surface area contributed by atoms with Crippen LogP contribution >= 0.6 is 31.9 Å². The van der Waals surface area contributed by atoms with Crippen LogP contribution in [0.1, 0.15) is 61.0 Å². The first-order valence-corrected chi connectivity index (χ1v) is 23.3. The summed E-state index contributed by atoms with van der Waals surface area (Å²) in [5.74, 6) is -1.31. The summed E-state index contributed by atoms with van der Waals surface area (Å²) in [6.45, 7) is 5.53. The van der Waals surface area contributed by atoms with Gasteiger partial charge in [-0.25, -0.2) is 9.59 Å². The first-order chi connectivity index (χ1) is 31.4. The Bertz CT molecular complexity index is 2100. The Morgan fingerprint density at radius 2 is 0.985 bits per heavy atom. The van der Waals surface area contributed by atoms with E-state index < -0.39 is 47.5 Å². The van der Waals surface area contributed by atoms with Gasteiger partial charge in [-0.1, -0.05) is 68.3 Å². The Morgan fingerprint density at radius 3 is 1.30 bits per heavy atom. The Labute approximate surface area is 398 Å². The number of benzene rings is 4. The number of carbonyl (C=O) groups excluding carboxylic acids is 2. The number of allylic oxidation sites excluding steroid dienone is 2. The van der Waals surface area contributed by atoms with Crippen molar-refractivity contribution in [2.24, 2.45) is 0 Å². The molecule has 358 valence electrons. The number of anilines is 4. The molecule has 4 aromatic carbocycles. The van der Waals surface area contributed by atoms with Crippen molar-refractivity contribution < 1.29 is 45.4 Å². The molecular weight excluding hydrogens is 1000 g/mol. The number of nitrogens with two attached hydrogens (primary N) is 2. The second-order valence-electron chi connectivity index (χ2n) is 15.0. The van der Waals surface area contributed by atoms with Gasteiger partial charge in [-0.3, -0.25) is 0 Å². The molecule has 0 fully saturated rings. The fourth-order valence-corrected chi connectivity index (χ4v) is 7.83. The molecule has 0 amide bonds. The number of nitrogen functional groups attached to an aromatic ring is 2. The predicted molar refractivity (Wildman–Crippen MR) is 255 cm³/mol. The van der Waals surface area contributed by atoms with Crippen LogP contribution in [0.25, 0.3) is 0 Å². The van der Waals surface area contributed by atoms with Crippen LogP contribution in [0.5, 0.6) is 0 Å². The Kier molecular flexibility index (Phi) is 20.9. The van der Waals surface area contributed by atoms with Gasteiger partial charge in [0.2, 0.25) is 0 Å². The van der Waals surface area contributed by atoms with Crippen molar-refractivity contribution in [1.29, 1.82) is 0 Å². The monoisotopic (exact) mass is 1050 g/mol. The van der Waals surface area contributed by atoms with Crippen molar-refractivity contribution in [2.75, 3.05) is 79.2 Å². The maximum Gasteiger partial charge on any atom is 0.416 e. The summed E-state index contributed by atoms with van der Waals surface area (Å²) in [4.78, 5) is 29.5. The maximum atomic E-state index is 13.7. The average Bonchev–Trinajstić information content (AvgIpc) is 3.27. The molecule has 0 radical (unpaired) electrons. The lowest BCUT2D eigenvalue weighted by Crippen LogP contribution is -2.33. The third-order valence-electron chi connectivity index (χ3n) is 10.1. The van der Waals surface area contributed by atoms with E-state index in [1.165, 1.54) is 24.3 Å². The van der Waals surface area contributed by atoms with E-state index in [0.29, 0.717) is 72.9 Å². The third-order valence-corrected chi connectivity index (χ3v) is 11.2. The van der Waals surface area contributed by atoms with Crippen molar-refractivity contribution in [2.45, 2.75) is 51.1 Å². The number of hydrogen-bond donors (Lipinski definition) is 6. The van der Waals surface area contributed by atoms with E-state index in [2.05, 4.69) is 58.0 Å². The number of nitrogens with one attached hydrogen (secondary N) is 4. The molecule has 0 unspecified atom stereocenters. The smallest absolute Gasteiger partial charge is 0.416 e. The minimum Gasteiger partial charge on any atom is -0.463 e. The lowest BCUT2D eigenvalue weighted by Gasteiger charge is -2.26. The predicted octanol–water partition coefficient (Wildman–Crippen LogP) is 10.2. The van der Waals surface area contributed by atoms with Crippen molar-refractivity contribution in [3.8, 4) is 0 Å². The molecule has 0 saturated heterocycles. The van der Waals surface area contributed by atoms with Crippen LogP contribution in [0.4, 0.5) is 49.1 Å². The summed E-state index contributed by atoms with van der Waals surface area (Å²) < 4.78 is 92.6. The highest BCUT2D eigenvalue weighted by atomic mass is 79.9. The molecule has 4 rings (SSSR count). The Balaban J connectivity index is 1.51. The minimum absolute atomic E-state index is 0.0606. The van der Waals surface area contributed by atoms with E-state index in [-0.39, 0.29) is 46.4 Å². The highest BCUT2D eigenvalue weighted by molar-refractivity contribution is 9.09. The summed E-state index contributed by atoms with van der Waals surface area (Å²) in [5.41, 5.74) is 13.9. The zero-order valence-corrected chi connectivity index (χ0v) is 39.9. The maximum absolute atomic E-state index is 13.7. The summed E-state index contributed by atoms with van der Waals surface area (Å²) in [7, 11) is 1.95. The normalized spacial score (nSPS) is 13.6. The molecule has 0 saturated carbocycles. The number of esters is 2. The Hall–Kier alpha value is -5.08. The molecule has 66 heavy (non-hydrogen) atoms. The fourth-order valence-electron chi connectivity index (χ4n) is 6.94. The lowest BCUT2D eigenvalue weighted by atomic mass is 9.96. The standard InChI is InChI=1S/C47H55Br2F6N7O4/c1-4-65-44(63)40(38(28-48)60-36-12-6-10-32(26-36)46(50,51)52)42(30-14-18-34(56)19-15-30)58-22-8-24-62(3)25-9-23-59-43(31-16-20-35(57)21-17-31)41(45(64)66-5-2)39(29-49)61-37-13-7-11-33(27-37)47(53,54)55/h6-7,10-21,26-27,42-43,58-61H,4-5,8-9,22-25,28-29,56-57H2,1-3H3/b40-38+,41-39+/t42-,43-/m1/s1. The summed E-state index contributed by atoms with van der Waals surface area (Å²) >= 11 is 6.87. The van der Waals surface area contributed by atoms with E-state index in [1.807, 2.05) is 7.05 Å². The number of hydrogen-bond acceptors (Lipinski definition) is 11. The lowest BCUT2D eigenvalue weighted by molar-refractivity contribution is -0.139. The molecule has 0 heterocycles. The quantitative estimate of drug-likeness (QED) is 0.00992. The van der Waals surface area contributed by atoms with Crippen LogP contribution in [-0.4, -0.2) is 73.9 Å². The molecule has 8 N–H and O–H groups in total. The molecule has 0 aliphatic rings. The van der Waals surface area contributed by atoms with Crippen LogP contribution in [0.3, 0.4) is 0 Å². The molecule has 19 heteroatoms. The number of carbonyl (C=O) groups is 2. The summed E-state index contributed by atoms with van der Waals surface area (Å²) in [5, 5.41) is 13.1. The first-order valence-electron chi connectivity index (χ1n) is 21.1. The molecular formula is C47H55Br2F6N7O4. The van der Waals surface area contributed by atoms with Crippen LogP contribution in [0, 0.1) is 0 Å². The third kappa shape index (κ3) is 16.1. The van der Waals surface area contributed by atoms with Crippen molar-refractivity contribution >= 4 is 66.5 Å². The molecule has 0 aliphatic heterocycles. The molecule has 2 atom stereocenters. The van der Waals surface area contributed by atoms with Gasteiger partial charge in [0.05, 0.1) is 47.6 Å². The van der Waals surface area contributed by atoms with Gasteiger partial charge in [-0.05, 0) is 132 Å². The second-order valence-corrected chi connectivity index (χ2v) is 16.1. The van der Waals surface area contributed by atoms with Gasteiger partial charge >= 0.3 is 24.3 Å². The summed E-state index contributed by atoms with van der Waals surface area (Å²) in [6, 6.07) is 21.8. The zero-order chi connectivity index (χ0) is 48.4. The molecule has 0 aliphatic carbocycles. The topological polar surface area (TPSA) is 156 Å². The number of ether oxygens (including phenoxy) is 2. The van der Waals surface area contributed by atoms with Crippen molar-refractivity contribution in [3.05, 3.63) is 142 Å². The number of alkyl halides is 8. The van der Waals surface area contributed by atoms with Gasteiger partial charge in [0.15, 0.2) is 0 Å². The van der Waals surface area contributed by atoms with Gasteiger partial charge in [0.25, 0.3) is 0 Å². The average molecular weight is 1060 g/mol. The number of nitrogens with zero attached hydrogens (tertiary/aromatic N) is 1. The van der Waals surface area contributed by atoms with E-state index in [9.17, 15) is 35.9 Å². The highest BCUT2D eigenvalue weighted by Gasteiger charge is 2.33. The van der Waals surface area contributed by atoms with Crippen LogP contribution in [-0.2, 0) is 31.4 Å². The zero-order valence-electron chi connectivity index (χ0n) is 36.7. The van der Waals surface area contributed by atoms with E-state index >= 15 is 0 Å². The van der Waals surface area contributed by atoms with Crippen molar-refractivity contribution in [1.82, 2.24) is 15.5 Å². The molecule has 0 aromatic heterocycles. The molecule has 4 aromatic rings. The van der Waals surface area contributed by atoms with Crippen LogP contribution in [0.15, 0.2) is 120 Å². The van der Waals surface area contributed by atoms with E-state index in [0.717, 1.165) is 24.3 Å². The SMILES string of the molecule is CCOC(=O)/C(=C(\CBr)Nc1cccc(C(F)(F)F)c1)[C@H](NCCCN(C)CCCN[C@@H](/C(C(=O)OCC)=C(/CBr)Nc1cccc(C(F)(F)F)c1)c1ccc(N)cc1)c1ccc(N)cc1. The van der Waals surface area contributed by atoms with E-state index in [1.54, 1.807) is 62.4 Å².